The van der Waals surface area contributed by atoms with Crippen LogP contribution >= 0.6 is 0 Å². The zero-order chi connectivity index (χ0) is 17.9. The van der Waals surface area contributed by atoms with Gasteiger partial charge in [-0.2, -0.15) is 0 Å². The third-order valence-electron chi connectivity index (χ3n) is 4.23. The van der Waals surface area contributed by atoms with Crippen LogP contribution in [0.2, 0.25) is 0 Å². The summed E-state index contributed by atoms with van der Waals surface area (Å²) in [4.78, 5) is 10.4. The van der Waals surface area contributed by atoms with Gasteiger partial charge in [-0.1, -0.05) is 18.2 Å². The van der Waals surface area contributed by atoms with Crippen molar-refractivity contribution < 1.29 is 13.3 Å². The summed E-state index contributed by atoms with van der Waals surface area (Å²) in [5.41, 5.74) is 3.06. The van der Waals surface area contributed by atoms with Gasteiger partial charge in [-0.25, -0.2) is 13.1 Å². The van der Waals surface area contributed by atoms with Gasteiger partial charge in [0.15, 0.2) is 0 Å². The number of benzene rings is 2. The molecule has 0 fully saturated rings. The van der Waals surface area contributed by atoms with Crippen LogP contribution in [0.1, 0.15) is 16.7 Å². The zero-order valence-electron chi connectivity index (χ0n) is 13.6. The van der Waals surface area contributed by atoms with Crippen LogP contribution in [0.5, 0.6) is 0 Å². The van der Waals surface area contributed by atoms with Crippen molar-refractivity contribution in [3.8, 4) is 0 Å². The topological polar surface area (TPSA) is 101 Å². The fraction of sp³-hybridized carbons (Fsp3) is 0.294. The number of sulfonamides is 1. The van der Waals surface area contributed by atoms with Crippen molar-refractivity contribution in [1.82, 2.24) is 10.0 Å². The monoisotopic (exact) mass is 361 g/mol. The molecular formula is C17H19N3O4S. The molecule has 1 aliphatic heterocycles. The summed E-state index contributed by atoms with van der Waals surface area (Å²) >= 11 is 0. The van der Waals surface area contributed by atoms with Crippen LogP contribution in [0.15, 0.2) is 47.4 Å². The van der Waals surface area contributed by atoms with Crippen molar-refractivity contribution in [1.29, 1.82) is 0 Å². The van der Waals surface area contributed by atoms with E-state index in [0.717, 1.165) is 24.1 Å². The third kappa shape index (κ3) is 4.22. The van der Waals surface area contributed by atoms with E-state index in [2.05, 4.69) is 10.0 Å². The highest BCUT2D eigenvalue weighted by atomic mass is 32.2. The van der Waals surface area contributed by atoms with Crippen LogP contribution in [0.4, 0.5) is 5.69 Å². The predicted octanol–water partition coefficient (Wildman–Crippen LogP) is 1.76. The van der Waals surface area contributed by atoms with Crippen molar-refractivity contribution in [2.75, 3.05) is 13.1 Å². The van der Waals surface area contributed by atoms with Gasteiger partial charge in [0, 0.05) is 25.2 Å². The number of nitro benzene ring substituents is 1. The summed E-state index contributed by atoms with van der Waals surface area (Å²) in [6.45, 7) is 1.82. The van der Waals surface area contributed by atoms with E-state index in [1.165, 1.54) is 17.7 Å². The lowest BCUT2D eigenvalue weighted by molar-refractivity contribution is -0.384. The van der Waals surface area contributed by atoms with E-state index in [1.807, 2.05) is 6.07 Å². The predicted molar refractivity (Wildman–Crippen MR) is 93.8 cm³/mol. The summed E-state index contributed by atoms with van der Waals surface area (Å²) in [7, 11) is -3.57. The quantitative estimate of drug-likeness (QED) is 0.603. The van der Waals surface area contributed by atoms with Crippen LogP contribution in [0.25, 0.3) is 0 Å². The Kier molecular flexibility index (Phi) is 5.12. The Hall–Kier alpha value is -2.29. The maximum Gasteiger partial charge on any atom is 0.269 e. The molecule has 0 aromatic heterocycles. The summed E-state index contributed by atoms with van der Waals surface area (Å²) in [6.07, 6.45) is 1.37. The number of rotatable bonds is 6. The van der Waals surface area contributed by atoms with Crippen LogP contribution in [0.3, 0.4) is 0 Å². The molecule has 0 spiro atoms. The molecule has 0 saturated carbocycles. The molecule has 2 aromatic rings. The lowest BCUT2D eigenvalue weighted by Crippen LogP contribution is -2.27. The van der Waals surface area contributed by atoms with Gasteiger partial charge in [-0.15, -0.1) is 0 Å². The summed E-state index contributed by atoms with van der Waals surface area (Å²) in [6, 6.07) is 11.3. The Morgan fingerprint density at radius 1 is 1.12 bits per heavy atom. The Labute approximate surface area is 146 Å². The van der Waals surface area contributed by atoms with E-state index >= 15 is 0 Å². The van der Waals surface area contributed by atoms with Gasteiger partial charge >= 0.3 is 0 Å². The highest BCUT2D eigenvalue weighted by molar-refractivity contribution is 7.89. The molecule has 2 N–H and O–H groups in total. The summed E-state index contributed by atoms with van der Waals surface area (Å²) in [5, 5.41) is 13.9. The van der Waals surface area contributed by atoms with E-state index in [-0.39, 0.29) is 17.1 Å². The number of hydrogen-bond donors (Lipinski definition) is 2. The molecule has 1 aliphatic rings. The number of fused-ring (bicyclic) bond motifs is 1. The number of nitro groups is 1. The molecule has 0 radical (unpaired) electrons. The fourth-order valence-electron chi connectivity index (χ4n) is 2.82. The van der Waals surface area contributed by atoms with E-state index < -0.39 is 14.9 Å². The largest absolute Gasteiger partial charge is 0.312 e. The Bertz CT molecular complexity index is 879. The van der Waals surface area contributed by atoms with E-state index in [0.29, 0.717) is 13.0 Å². The molecule has 25 heavy (non-hydrogen) atoms. The molecule has 0 bridgehead atoms. The fourth-order valence-corrected chi connectivity index (χ4v) is 3.90. The van der Waals surface area contributed by atoms with Crippen molar-refractivity contribution in [3.05, 3.63) is 69.3 Å². The van der Waals surface area contributed by atoms with E-state index in [9.17, 15) is 18.5 Å². The molecule has 1 heterocycles. The number of hydrogen-bond acceptors (Lipinski definition) is 5. The first-order valence-electron chi connectivity index (χ1n) is 8.01. The minimum absolute atomic E-state index is 0.0204. The van der Waals surface area contributed by atoms with E-state index in [4.69, 9.17) is 0 Å². The molecule has 3 rings (SSSR count). The normalized spacial score (nSPS) is 14.1. The van der Waals surface area contributed by atoms with Gasteiger partial charge in [0.1, 0.15) is 0 Å². The van der Waals surface area contributed by atoms with Gasteiger partial charge in [0.25, 0.3) is 5.69 Å². The average molecular weight is 361 g/mol. The summed E-state index contributed by atoms with van der Waals surface area (Å²) < 4.78 is 27.4. The van der Waals surface area contributed by atoms with Crippen molar-refractivity contribution in [2.45, 2.75) is 24.3 Å². The summed E-state index contributed by atoms with van der Waals surface area (Å²) in [5.74, 6) is 0. The maximum absolute atomic E-state index is 12.4. The first kappa shape index (κ1) is 17.5. The molecule has 8 heteroatoms. The highest BCUT2D eigenvalue weighted by Crippen LogP contribution is 2.19. The van der Waals surface area contributed by atoms with Crippen LogP contribution in [0, 0.1) is 10.1 Å². The van der Waals surface area contributed by atoms with Crippen LogP contribution < -0.4 is 10.0 Å². The second-order valence-corrected chi connectivity index (χ2v) is 7.70. The van der Waals surface area contributed by atoms with Gasteiger partial charge in [0.05, 0.1) is 9.82 Å². The standard InChI is InChI=1S/C17H19N3O4S/c21-20(22)16-4-1-13(2-5-16)7-10-19-25(23,24)17-6-3-14-8-9-18-12-15(14)11-17/h1-6,11,18-19H,7-10,12H2. The molecular weight excluding hydrogens is 342 g/mol. The van der Waals surface area contributed by atoms with Crippen molar-refractivity contribution in [2.24, 2.45) is 0 Å². The van der Waals surface area contributed by atoms with E-state index in [1.54, 1.807) is 24.3 Å². The lowest BCUT2D eigenvalue weighted by Gasteiger charge is -2.18. The van der Waals surface area contributed by atoms with Crippen LogP contribution in [-0.4, -0.2) is 26.4 Å². The molecule has 0 amide bonds. The SMILES string of the molecule is O=[N+]([O-])c1ccc(CCNS(=O)(=O)c2ccc3c(c2)CNCC3)cc1. The minimum atomic E-state index is -3.57. The molecule has 2 aromatic carbocycles. The Morgan fingerprint density at radius 2 is 1.88 bits per heavy atom. The molecule has 132 valence electrons. The number of non-ortho nitro benzene ring substituents is 1. The third-order valence-corrected chi connectivity index (χ3v) is 5.69. The van der Waals surface area contributed by atoms with Crippen molar-refractivity contribution >= 4 is 15.7 Å². The molecule has 0 saturated heterocycles. The van der Waals surface area contributed by atoms with Gasteiger partial charge in [-0.05, 0) is 48.2 Å². The zero-order valence-corrected chi connectivity index (χ0v) is 14.4. The second kappa shape index (κ2) is 7.30. The molecule has 0 unspecified atom stereocenters. The lowest BCUT2D eigenvalue weighted by atomic mass is 10.0. The molecule has 7 nitrogen and oxygen atoms in total. The maximum atomic E-state index is 12.4. The van der Waals surface area contributed by atoms with Gasteiger partial charge in [0.2, 0.25) is 10.0 Å². The smallest absolute Gasteiger partial charge is 0.269 e. The number of nitrogens with zero attached hydrogens (tertiary/aromatic N) is 1. The van der Waals surface area contributed by atoms with Gasteiger partial charge in [-0.3, -0.25) is 10.1 Å². The first-order valence-corrected chi connectivity index (χ1v) is 9.49. The molecule has 0 atom stereocenters. The second-order valence-electron chi connectivity index (χ2n) is 5.93. The van der Waals surface area contributed by atoms with Crippen LogP contribution in [-0.2, 0) is 29.4 Å². The first-order chi connectivity index (χ1) is 12.0. The minimum Gasteiger partial charge on any atom is -0.312 e. The Balaban J connectivity index is 1.63. The molecule has 0 aliphatic carbocycles. The average Bonchev–Trinajstić information content (AvgIpc) is 2.61. The Morgan fingerprint density at radius 3 is 2.60 bits per heavy atom. The van der Waals surface area contributed by atoms with Gasteiger partial charge < -0.3 is 5.32 Å². The highest BCUT2D eigenvalue weighted by Gasteiger charge is 2.17. The van der Waals surface area contributed by atoms with Crippen molar-refractivity contribution in [3.63, 3.8) is 0 Å². The number of nitrogens with one attached hydrogen (secondary N) is 2.